The van der Waals surface area contributed by atoms with Crippen molar-refractivity contribution in [2.45, 2.75) is 51.0 Å². The molecule has 0 unspecified atom stereocenters. The summed E-state index contributed by atoms with van der Waals surface area (Å²) in [6.45, 7) is 6.92. The summed E-state index contributed by atoms with van der Waals surface area (Å²) in [4.78, 5) is 30.5. The molecule has 2 aliphatic heterocycles. The average molecular weight is 388 g/mol. The molecule has 1 atom stereocenters. The van der Waals surface area contributed by atoms with E-state index in [1.165, 1.54) is 0 Å². The number of carbonyl (C=O) groups is 2. The van der Waals surface area contributed by atoms with Gasteiger partial charge in [0.2, 0.25) is 5.91 Å². The predicted octanol–water partition coefficient (Wildman–Crippen LogP) is 3.33. The third-order valence-electron chi connectivity index (χ3n) is 6.17. The molecule has 1 saturated heterocycles. The van der Waals surface area contributed by atoms with Gasteiger partial charge in [-0.3, -0.25) is 4.79 Å². The summed E-state index contributed by atoms with van der Waals surface area (Å²) in [5.41, 5.74) is 0.853. The SMILES string of the molecule is CCN(CC)C(=O)C[C@@H]1CC2(CCN(C(=O)N(C)C)CC2)Oc2ccccc21. The largest absolute Gasteiger partial charge is 0.487 e. The van der Waals surface area contributed by atoms with E-state index in [0.29, 0.717) is 19.5 Å². The van der Waals surface area contributed by atoms with Crippen molar-refractivity contribution in [3.8, 4) is 5.75 Å². The Balaban J connectivity index is 1.78. The van der Waals surface area contributed by atoms with Gasteiger partial charge in [0.15, 0.2) is 0 Å². The van der Waals surface area contributed by atoms with Gasteiger partial charge in [-0.25, -0.2) is 4.79 Å². The Labute approximate surface area is 168 Å². The molecular formula is C22H33N3O3. The first-order valence-electron chi connectivity index (χ1n) is 10.4. The Kier molecular flexibility index (Phi) is 6.16. The Bertz CT molecular complexity index is 707. The van der Waals surface area contributed by atoms with Crippen LogP contribution in [0.3, 0.4) is 0 Å². The molecule has 0 bridgehead atoms. The van der Waals surface area contributed by atoms with E-state index in [9.17, 15) is 9.59 Å². The van der Waals surface area contributed by atoms with Gasteiger partial charge in [-0.1, -0.05) is 18.2 Å². The van der Waals surface area contributed by atoms with Crippen LogP contribution < -0.4 is 4.74 Å². The van der Waals surface area contributed by atoms with Crippen molar-refractivity contribution in [3.63, 3.8) is 0 Å². The van der Waals surface area contributed by atoms with Crippen LogP contribution in [0.15, 0.2) is 24.3 Å². The van der Waals surface area contributed by atoms with Crippen LogP contribution in [0.1, 0.15) is 51.0 Å². The molecule has 0 saturated carbocycles. The van der Waals surface area contributed by atoms with Crippen molar-refractivity contribution in [1.82, 2.24) is 14.7 Å². The monoisotopic (exact) mass is 387 g/mol. The predicted molar refractivity (Wildman–Crippen MR) is 110 cm³/mol. The van der Waals surface area contributed by atoms with Crippen LogP contribution in [0.5, 0.6) is 5.75 Å². The van der Waals surface area contributed by atoms with Crippen LogP contribution in [0.4, 0.5) is 4.79 Å². The molecule has 0 radical (unpaired) electrons. The molecule has 6 nitrogen and oxygen atoms in total. The molecule has 1 aromatic rings. The Morgan fingerprint density at radius 3 is 2.39 bits per heavy atom. The maximum absolute atomic E-state index is 12.8. The van der Waals surface area contributed by atoms with E-state index in [2.05, 4.69) is 6.07 Å². The first-order valence-corrected chi connectivity index (χ1v) is 10.4. The number of benzene rings is 1. The summed E-state index contributed by atoms with van der Waals surface area (Å²) in [5, 5.41) is 0. The number of carbonyl (C=O) groups excluding carboxylic acids is 2. The number of amides is 3. The topological polar surface area (TPSA) is 53.1 Å². The quantitative estimate of drug-likeness (QED) is 0.796. The molecule has 1 spiro atoms. The zero-order valence-corrected chi connectivity index (χ0v) is 17.6. The Morgan fingerprint density at radius 1 is 1.14 bits per heavy atom. The Morgan fingerprint density at radius 2 is 1.79 bits per heavy atom. The lowest BCUT2D eigenvalue weighted by Gasteiger charge is -2.47. The van der Waals surface area contributed by atoms with Crippen molar-refractivity contribution in [1.29, 1.82) is 0 Å². The second-order valence-corrected chi connectivity index (χ2v) is 8.16. The number of piperidine rings is 1. The Hall–Kier alpha value is -2.24. The standard InChI is InChI=1S/C22H33N3O3/c1-5-24(6-2)20(26)15-17-16-22(28-19-10-8-7-9-18(17)19)11-13-25(14-12-22)21(27)23(3)4/h7-10,17H,5-6,11-16H2,1-4H3/t17-/m1/s1. The molecule has 0 N–H and O–H groups in total. The molecule has 154 valence electrons. The fourth-order valence-electron chi connectivity index (χ4n) is 4.54. The van der Waals surface area contributed by atoms with E-state index in [-0.39, 0.29) is 23.5 Å². The van der Waals surface area contributed by atoms with Crippen LogP contribution in [0.25, 0.3) is 0 Å². The van der Waals surface area contributed by atoms with Crippen molar-refractivity contribution < 1.29 is 14.3 Å². The van der Waals surface area contributed by atoms with Gasteiger partial charge in [-0.2, -0.15) is 0 Å². The van der Waals surface area contributed by atoms with Crippen molar-refractivity contribution in [2.24, 2.45) is 0 Å². The maximum atomic E-state index is 12.8. The van der Waals surface area contributed by atoms with E-state index < -0.39 is 0 Å². The van der Waals surface area contributed by atoms with Crippen LogP contribution in [-0.2, 0) is 4.79 Å². The summed E-state index contributed by atoms with van der Waals surface area (Å²) in [5.74, 6) is 1.27. The zero-order chi connectivity index (χ0) is 20.3. The number of rotatable bonds is 4. The van der Waals surface area contributed by atoms with Crippen molar-refractivity contribution in [2.75, 3.05) is 40.3 Å². The number of ether oxygens (including phenoxy) is 1. The van der Waals surface area contributed by atoms with E-state index in [4.69, 9.17) is 4.74 Å². The maximum Gasteiger partial charge on any atom is 0.319 e. The van der Waals surface area contributed by atoms with Gasteiger partial charge >= 0.3 is 6.03 Å². The molecule has 3 amide bonds. The normalized spacial score (nSPS) is 20.3. The number of likely N-dealkylation sites (tertiary alicyclic amines) is 1. The van der Waals surface area contributed by atoms with Crippen LogP contribution in [-0.4, -0.2) is 72.5 Å². The summed E-state index contributed by atoms with van der Waals surface area (Å²) in [6.07, 6.45) is 2.96. The number of nitrogens with zero attached hydrogens (tertiary/aromatic N) is 3. The van der Waals surface area contributed by atoms with Gasteiger partial charge in [0, 0.05) is 65.5 Å². The fraction of sp³-hybridized carbons (Fsp3) is 0.636. The van der Waals surface area contributed by atoms with Crippen molar-refractivity contribution >= 4 is 11.9 Å². The number of fused-ring (bicyclic) bond motifs is 1. The minimum Gasteiger partial charge on any atom is -0.487 e. The minimum absolute atomic E-state index is 0.0549. The molecule has 0 aliphatic carbocycles. The van der Waals surface area contributed by atoms with Gasteiger partial charge in [-0.15, -0.1) is 0 Å². The van der Waals surface area contributed by atoms with Crippen molar-refractivity contribution in [3.05, 3.63) is 29.8 Å². The molecule has 0 aromatic heterocycles. The van der Waals surface area contributed by atoms with Gasteiger partial charge in [-0.05, 0) is 31.9 Å². The highest BCUT2D eigenvalue weighted by molar-refractivity contribution is 5.77. The molecule has 1 aromatic carbocycles. The number of para-hydroxylation sites is 1. The molecule has 28 heavy (non-hydrogen) atoms. The number of urea groups is 1. The fourth-order valence-corrected chi connectivity index (χ4v) is 4.54. The minimum atomic E-state index is -0.286. The van der Waals surface area contributed by atoms with E-state index in [0.717, 1.165) is 43.7 Å². The first-order chi connectivity index (χ1) is 13.4. The highest BCUT2D eigenvalue weighted by atomic mass is 16.5. The third-order valence-corrected chi connectivity index (χ3v) is 6.17. The summed E-state index contributed by atoms with van der Waals surface area (Å²) >= 11 is 0. The van der Waals surface area contributed by atoms with Crippen LogP contribution in [0, 0.1) is 0 Å². The highest BCUT2D eigenvalue weighted by Crippen LogP contribution is 2.46. The van der Waals surface area contributed by atoms with E-state index >= 15 is 0 Å². The lowest BCUT2D eigenvalue weighted by Crippen LogP contribution is -2.53. The number of hydrogen-bond donors (Lipinski definition) is 0. The molecule has 6 heteroatoms. The second kappa shape index (κ2) is 8.41. The average Bonchev–Trinajstić information content (AvgIpc) is 2.69. The summed E-state index contributed by atoms with van der Waals surface area (Å²) < 4.78 is 6.50. The molecule has 2 aliphatic rings. The number of hydrogen-bond acceptors (Lipinski definition) is 3. The smallest absolute Gasteiger partial charge is 0.319 e. The zero-order valence-electron chi connectivity index (χ0n) is 17.6. The second-order valence-electron chi connectivity index (χ2n) is 8.16. The van der Waals surface area contributed by atoms with Gasteiger partial charge in [0.1, 0.15) is 11.4 Å². The molecule has 3 rings (SSSR count). The highest BCUT2D eigenvalue weighted by Gasteiger charge is 2.44. The first kappa shape index (κ1) is 20.5. The summed E-state index contributed by atoms with van der Waals surface area (Å²) in [7, 11) is 3.57. The lowest BCUT2D eigenvalue weighted by molar-refractivity contribution is -0.131. The van der Waals surface area contributed by atoms with E-state index in [1.807, 2.05) is 41.8 Å². The summed E-state index contributed by atoms with van der Waals surface area (Å²) in [6, 6.07) is 8.17. The lowest BCUT2D eigenvalue weighted by atomic mass is 9.76. The van der Waals surface area contributed by atoms with Crippen LogP contribution >= 0.6 is 0 Å². The van der Waals surface area contributed by atoms with Gasteiger partial charge in [0.25, 0.3) is 0 Å². The van der Waals surface area contributed by atoms with Gasteiger partial charge < -0.3 is 19.4 Å². The third kappa shape index (κ3) is 4.10. The molecular weight excluding hydrogens is 354 g/mol. The van der Waals surface area contributed by atoms with Gasteiger partial charge in [0.05, 0.1) is 0 Å². The molecule has 2 heterocycles. The molecule has 1 fully saturated rings. The van der Waals surface area contributed by atoms with E-state index in [1.54, 1.807) is 19.0 Å². The van der Waals surface area contributed by atoms with Crippen LogP contribution in [0.2, 0.25) is 0 Å².